The molecule has 0 unspecified atom stereocenters. The maximum Gasteiger partial charge on any atom is -0.0132 e. The van der Waals surface area contributed by atoms with Crippen LogP contribution in [0.25, 0.3) is 0 Å². The van der Waals surface area contributed by atoms with E-state index in [1.54, 1.807) is 0 Å². The third-order valence-electron chi connectivity index (χ3n) is 13.2. The highest BCUT2D eigenvalue weighted by atomic mass is 14.2. The van der Waals surface area contributed by atoms with Gasteiger partial charge in [-0.05, 0) is 141 Å². The standard InChI is InChI=1S/2C13H20.2C12H18.C11H16.C10H14/c1-10(2)11-6-8-12(9-7-11)13(3,4)5;1-4-5-6-12-7-9-13(10-8-12)11(2)3;1-9(2)11-5-7-12(8-6-11)10(3)4;1-4-5-11-6-8-12(9-7-11)10(2)3;1-4-10-5-7-11(8-6-10)9(2)3;1-8(2)10-6-4-9(3)5-7-10/h6-10H,1-5H3;7-11H,4-6H2,1-3H3;5-10H,1-4H3;6-10H,4-5H2,1-3H3;5-9H,4H2,1-3H3;4-8H,1-3H3. The van der Waals surface area contributed by atoms with Crippen molar-refractivity contribution in [2.45, 2.75) is 231 Å². The van der Waals surface area contributed by atoms with Gasteiger partial charge in [0.25, 0.3) is 0 Å². The van der Waals surface area contributed by atoms with Crippen LogP contribution < -0.4 is 0 Å². The summed E-state index contributed by atoms with van der Waals surface area (Å²) in [5.74, 6) is 4.54. The molecule has 0 nitrogen and oxygen atoms in total. The first-order valence-corrected chi connectivity index (χ1v) is 28.0. The molecule has 0 heterocycles. The monoisotopic (exact) mass is 959 g/mol. The predicted octanol–water partition coefficient (Wildman–Crippen LogP) is 22.4. The van der Waals surface area contributed by atoms with E-state index in [-0.39, 0.29) is 5.41 Å². The maximum atomic E-state index is 2.27. The molecule has 0 saturated carbocycles. The number of aryl methyl sites for hydroxylation is 4. The van der Waals surface area contributed by atoms with E-state index in [9.17, 15) is 0 Å². The molecule has 0 atom stereocenters. The number of rotatable bonds is 13. The molecular weight excluding hydrogens is 853 g/mol. The summed E-state index contributed by atoms with van der Waals surface area (Å²) >= 11 is 0. The molecule has 0 bridgehead atoms. The van der Waals surface area contributed by atoms with E-state index in [0.717, 1.165) is 6.42 Å². The number of hydrogen-bond acceptors (Lipinski definition) is 0. The van der Waals surface area contributed by atoms with Crippen LogP contribution in [0.1, 0.15) is 266 Å². The van der Waals surface area contributed by atoms with Gasteiger partial charge >= 0.3 is 0 Å². The second-order valence-electron chi connectivity index (χ2n) is 23.0. The van der Waals surface area contributed by atoms with Crippen LogP contribution in [0.3, 0.4) is 0 Å². The fraction of sp³-hybridized carbons (Fsp3) is 0.493. The lowest BCUT2D eigenvalue weighted by molar-refractivity contribution is 0.589. The Hall–Kier alpha value is -4.68. The average molecular weight is 960 g/mol. The van der Waals surface area contributed by atoms with Gasteiger partial charge in [-0.2, -0.15) is 0 Å². The summed E-state index contributed by atoms with van der Waals surface area (Å²) in [5.41, 5.74) is 17.4. The minimum absolute atomic E-state index is 0.273. The zero-order valence-electron chi connectivity index (χ0n) is 49.6. The SMILES string of the molecule is CC(C)c1ccc(C(C)(C)C)cc1.CC(C)c1ccc(C(C)C)cc1.CCCCc1ccc(C(C)C)cc1.CCCc1ccc(C(C)C)cc1.CCc1ccc(C(C)C)cc1.Cc1ccc(C(C)C)cc1. The molecule has 0 aliphatic carbocycles. The molecule has 6 aromatic rings. The highest BCUT2D eigenvalue weighted by Gasteiger charge is 2.13. The van der Waals surface area contributed by atoms with Crippen molar-refractivity contribution in [3.05, 3.63) is 212 Å². The van der Waals surface area contributed by atoms with Gasteiger partial charge in [-0.1, -0.05) is 302 Å². The molecule has 0 aromatic heterocycles. The fourth-order valence-electron chi connectivity index (χ4n) is 7.53. The van der Waals surface area contributed by atoms with Gasteiger partial charge in [0.05, 0.1) is 0 Å². The summed E-state index contributed by atoms with van der Waals surface area (Å²) in [6.07, 6.45) is 7.40. The molecule has 71 heavy (non-hydrogen) atoms. The smallest absolute Gasteiger partial charge is 0.0132 e. The summed E-state index contributed by atoms with van der Waals surface area (Å²) in [6, 6.07) is 53.6. The van der Waals surface area contributed by atoms with E-state index in [1.165, 1.54) is 98.9 Å². The van der Waals surface area contributed by atoms with Gasteiger partial charge in [0, 0.05) is 0 Å². The van der Waals surface area contributed by atoms with Crippen LogP contribution in [-0.2, 0) is 24.7 Å². The van der Waals surface area contributed by atoms with Crippen molar-refractivity contribution < 1.29 is 0 Å². The van der Waals surface area contributed by atoms with E-state index in [2.05, 4.69) is 291 Å². The van der Waals surface area contributed by atoms with Crippen molar-refractivity contribution in [3.8, 4) is 0 Å². The van der Waals surface area contributed by atoms with Gasteiger partial charge in [0.15, 0.2) is 0 Å². The summed E-state index contributed by atoms with van der Waals surface area (Å²) in [7, 11) is 0. The van der Waals surface area contributed by atoms with Crippen LogP contribution in [0, 0.1) is 6.92 Å². The molecule has 0 saturated heterocycles. The van der Waals surface area contributed by atoms with Gasteiger partial charge in [0.1, 0.15) is 0 Å². The van der Waals surface area contributed by atoms with Crippen molar-refractivity contribution in [2.75, 3.05) is 0 Å². The minimum atomic E-state index is 0.273. The highest BCUT2D eigenvalue weighted by Crippen LogP contribution is 2.25. The molecule has 0 heteroatoms. The molecule has 0 amide bonds. The molecule has 0 N–H and O–H groups in total. The van der Waals surface area contributed by atoms with Crippen molar-refractivity contribution in [1.82, 2.24) is 0 Å². The Labute approximate surface area is 441 Å². The van der Waals surface area contributed by atoms with Gasteiger partial charge in [-0.25, -0.2) is 0 Å². The van der Waals surface area contributed by atoms with Gasteiger partial charge in [-0.15, -0.1) is 0 Å². The summed E-state index contributed by atoms with van der Waals surface area (Å²) in [5, 5.41) is 0. The lowest BCUT2D eigenvalue weighted by atomic mass is 9.86. The van der Waals surface area contributed by atoms with Crippen molar-refractivity contribution >= 4 is 0 Å². The molecule has 0 aliphatic rings. The highest BCUT2D eigenvalue weighted by molar-refractivity contribution is 5.30. The molecule has 0 aliphatic heterocycles. The Balaban J connectivity index is 0.000000427. The largest absolute Gasteiger partial charge is 0.0654 e. The van der Waals surface area contributed by atoms with Crippen LogP contribution in [0.2, 0.25) is 0 Å². The second kappa shape index (κ2) is 34.6. The Morgan fingerprint density at radius 2 is 0.535 bits per heavy atom. The minimum Gasteiger partial charge on any atom is -0.0654 e. The maximum absolute atomic E-state index is 2.27. The van der Waals surface area contributed by atoms with Crippen molar-refractivity contribution in [1.29, 1.82) is 0 Å². The van der Waals surface area contributed by atoms with Crippen LogP contribution in [0.4, 0.5) is 0 Å². The van der Waals surface area contributed by atoms with Crippen LogP contribution >= 0.6 is 0 Å². The van der Waals surface area contributed by atoms with Crippen molar-refractivity contribution in [3.63, 3.8) is 0 Å². The average Bonchev–Trinajstić information content (AvgIpc) is 3.34. The molecular formula is C71H106. The first-order chi connectivity index (χ1) is 33.4. The molecule has 390 valence electrons. The lowest BCUT2D eigenvalue weighted by Gasteiger charge is -2.19. The normalized spacial score (nSPS) is 11.0. The Morgan fingerprint density at radius 3 is 0.775 bits per heavy atom. The molecule has 0 spiro atoms. The molecule has 0 radical (unpaired) electrons. The summed E-state index contributed by atoms with van der Waals surface area (Å²) < 4.78 is 0. The fourth-order valence-corrected chi connectivity index (χ4v) is 7.53. The number of hydrogen-bond donors (Lipinski definition) is 0. The van der Waals surface area contributed by atoms with E-state index in [4.69, 9.17) is 0 Å². The lowest BCUT2D eigenvalue weighted by Crippen LogP contribution is -2.10. The predicted molar refractivity (Wildman–Crippen MR) is 323 cm³/mol. The van der Waals surface area contributed by atoms with Crippen LogP contribution in [0.15, 0.2) is 146 Å². The Kier molecular flexibility index (Phi) is 31.4. The van der Waals surface area contributed by atoms with Crippen molar-refractivity contribution in [2.24, 2.45) is 0 Å². The molecule has 0 fully saturated rings. The van der Waals surface area contributed by atoms with E-state index in [1.807, 2.05) is 0 Å². The third-order valence-corrected chi connectivity index (χ3v) is 13.2. The van der Waals surface area contributed by atoms with Gasteiger partial charge < -0.3 is 0 Å². The Bertz CT molecular complexity index is 2150. The van der Waals surface area contributed by atoms with Crippen LogP contribution in [-0.4, -0.2) is 0 Å². The Morgan fingerprint density at radius 1 is 0.296 bits per heavy atom. The molecule has 6 rings (SSSR count). The topological polar surface area (TPSA) is 0 Å². The first kappa shape index (κ1) is 64.3. The zero-order chi connectivity index (χ0) is 53.7. The third kappa shape index (κ3) is 27.1. The quantitative estimate of drug-likeness (QED) is 0.108. The van der Waals surface area contributed by atoms with E-state index >= 15 is 0 Å². The second-order valence-corrected chi connectivity index (χ2v) is 23.0. The number of unbranched alkanes of at least 4 members (excludes halogenated alkanes) is 1. The van der Waals surface area contributed by atoms with Gasteiger partial charge in [0.2, 0.25) is 0 Å². The van der Waals surface area contributed by atoms with Crippen LogP contribution in [0.5, 0.6) is 0 Å². The summed E-state index contributed by atoms with van der Waals surface area (Å²) in [6.45, 7) is 46.7. The van der Waals surface area contributed by atoms with Gasteiger partial charge in [-0.3, -0.25) is 0 Å². The summed E-state index contributed by atoms with van der Waals surface area (Å²) in [4.78, 5) is 0. The van der Waals surface area contributed by atoms with E-state index in [0.29, 0.717) is 41.4 Å². The first-order valence-electron chi connectivity index (χ1n) is 28.0. The van der Waals surface area contributed by atoms with E-state index < -0.39 is 0 Å². The number of benzene rings is 6. The molecule has 6 aromatic carbocycles. The zero-order valence-corrected chi connectivity index (χ0v) is 49.6.